The minimum absolute atomic E-state index is 0.606. The van der Waals surface area contributed by atoms with Crippen LogP contribution in [0, 0.1) is 6.92 Å². The molecule has 0 atom stereocenters. The number of aryl methyl sites for hydroxylation is 1. The molecule has 0 saturated heterocycles. The van der Waals surface area contributed by atoms with E-state index in [1.54, 1.807) is 0 Å². The van der Waals surface area contributed by atoms with Crippen LogP contribution in [0.4, 0.5) is 0 Å². The summed E-state index contributed by atoms with van der Waals surface area (Å²) in [5, 5.41) is 1.75. The fourth-order valence-corrected chi connectivity index (χ4v) is 3.92. The zero-order chi connectivity index (χ0) is 17.7. The summed E-state index contributed by atoms with van der Waals surface area (Å²) in [6, 6.07) is 8.49. The number of hydrogen-bond acceptors (Lipinski definition) is 4. The second-order valence-electron chi connectivity index (χ2n) is 7.57. The molecule has 0 radical (unpaired) electrons. The lowest BCUT2D eigenvalue weighted by atomic mass is 10.1. The highest BCUT2D eigenvalue weighted by molar-refractivity contribution is 6.30. The second-order valence-corrected chi connectivity index (χ2v) is 7.93. The summed E-state index contributed by atoms with van der Waals surface area (Å²) in [7, 11) is 0. The third-order valence-corrected chi connectivity index (χ3v) is 5.69. The second kappa shape index (κ2) is 6.29. The van der Waals surface area contributed by atoms with Gasteiger partial charge in [-0.2, -0.15) is 0 Å². The zero-order valence-corrected chi connectivity index (χ0v) is 15.6. The van der Waals surface area contributed by atoms with Gasteiger partial charge in [0.15, 0.2) is 0 Å². The monoisotopic (exact) mass is 364 g/mol. The van der Waals surface area contributed by atoms with E-state index in [0.29, 0.717) is 11.1 Å². The van der Waals surface area contributed by atoms with Crippen molar-refractivity contribution in [3.05, 3.63) is 63.8 Å². The Hall–Kier alpha value is -2.04. The lowest BCUT2D eigenvalue weighted by molar-refractivity contribution is 0.242. The van der Waals surface area contributed by atoms with Crippen LogP contribution in [-0.2, 0) is 19.5 Å². The van der Waals surface area contributed by atoms with Gasteiger partial charge in [0.25, 0.3) is 0 Å². The summed E-state index contributed by atoms with van der Waals surface area (Å²) in [4.78, 5) is 16.4. The van der Waals surface area contributed by atoms with Crippen LogP contribution < -0.4 is 0 Å². The lowest BCUT2D eigenvalue weighted by Crippen LogP contribution is -2.31. The van der Waals surface area contributed by atoms with Gasteiger partial charge < -0.3 is 0 Å². The van der Waals surface area contributed by atoms with Gasteiger partial charge in [-0.1, -0.05) is 23.7 Å². The largest absolute Gasteiger partial charge is 0.294 e. The van der Waals surface area contributed by atoms with E-state index >= 15 is 0 Å². The fraction of sp³-hybridized carbons (Fsp3) is 0.381. The average molecular weight is 365 g/mol. The molecule has 132 valence electrons. The van der Waals surface area contributed by atoms with Crippen LogP contribution in [0.15, 0.2) is 30.5 Å². The summed E-state index contributed by atoms with van der Waals surface area (Å²) < 4.78 is 0. The van der Waals surface area contributed by atoms with Crippen molar-refractivity contribution in [3.63, 3.8) is 0 Å². The standard InChI is InChI=1S/C21H21ClN4/c1-13-2-3-15-9-16(20(22)24-19(15)8-13)11-26-7-6-18-17(12-26)10-23-21(25-18)14-4-5-14/h2-3,8-10,14H,4-7,11-12H2,1H3. The van der Waals surface area contributed by atoms with E-state index in [2.05, 4.69) is 46.1 Å². The van der Waals surface area contributed by atoms with Gasteiger partial charge >= 0.3 is 0 Å². The molecular weight excluding hydrogens is 344 g/mol. The highest BCUT2D eigenvalue weighted by Crippen LogP contribution is 2.38. The quantitative estimate of drug-likeness (QED) is 0.645. The predicted octanol–water partition coefficient (Wildman–Crippen LogP) is 4.42. The molecule has 1 aliphatic carbocycles. The van der Waals surface area contributed by atoms with Crippen LogP contribution in [-0.4, -0.2) is 26.4 Å². The molecule has 2 aliphatic rings. The Labute approximate surface area is 158 Å². The van der Waals surface area contributed by atoms with Crippen molar-refractivity contribution >= 4 is 22.5 Å². The first-order valence-electron chi connectivity index (χ1n) is 9.28. The molecule has 3 aromatic rings. The third kappa shape index (κ3) is 3.08. The Morgan fingerprint density at radius 3 is 2.92 bits per heavy atom. The number of hydrogen-bond donors (Lipinski definition) is 0. The minimum Gasteiger partial charge on any atom is -0.294 e. The smallest absolute Gasteiger partial charge is 0.134 e. The van der Waals surface area contributed by atoms with Crippen LogP contribution in [0.3, 0.4) is 0 Å². The minimum atomic E-state index is 0.606. The highest BCUT2D eigenvalue weighted by Gasteiger charge is 2.28. The van der Waals surface area contributed by atoms with E-state index in [9.17, 15) is 0 Å². The van der Waals surface area contributed by atoms with E-state index in [-0.39, 0.29) is 0 Å². The molecule has 3 heterocycles. The number of aromatic nitrogens is 3. The van der Waals surface area contributed by atoms with E-state index in [0.717, 1.165) is 48.3 Å². The van der Waals surface area contributed by atoms with Crippen molar-refractivity contribution < 1.29 is 0 Å². The molecule has 0 N–H and O–H groups in total. The maximum atomic E-state index is 6.48. The molecule has 0 bridgehead atoms. The summed E-state index contributed by atoms with van der Waals surface area (Å²) in [6.45, 7) is 4.75. The number of rotatable bonds is 3. The van der Waals surface area contributed by atoms with Crippen LogP contribution >= 0.6 is 11.6 Å². The molecule has 2 aromatic heterocycles. The summed E-state index contributed by atoms with van der Waals surface area (Å²) in [5.74, 6) is 1.67. The van der Waals surface area contributed by atoms with Crippen LogP contribution in [0.1, 0.15) is 47.0 Å². The maximum Gasteiger partial charge on any atom is 0.134 e. The molecule has 1 fully saturated rings. The summed E-state index contributed by atoms with van der Waals surface area (Å²) in [5.41, 5.74) is 5.73. The molecular formula is C21H21ClN4. The predicted molar refractivity (Wildman–Crippen MR) is 103 cm³/mol. The first-order chi connectivity index (χ1) is 12.7. The molecule has 5 rings (SSSR count). The topological polar surface area (TPSA) is 41.9 Å². The Kier molecular flexibility index (Phi) is 3.91. The van der Waals surface area contributed by atoms with E-state index in [1.807, 2.05) is 6.20 Å². The first-order valence-corrected chi connectivity index (χ1v) is 9.66. The van der Waals surface area contributed by atoms with Crippen molar-refractivity contribution in [3.8, 4) is 0 Å². The normalized spacial score (nSPS) is 17.5. The van der Waals surface area contributed by atoms with Gasteiger partial charge in [0.05, 0.1) is 5.52 Å². The first kappa shape index (κ1) is 16.2. The van der Waals surface area contributed by atoms with Crippen LogP contribution in [0.5, 0.6) is 0 Å². The van der Waals surface area contributed by atoms with Crippen molar-refractivity contribution in [2.45, 2.75) is 45.2 Å². The van der Waals surface area contributed by atoms with Gasteiger partial charge in [-0.15, -0.1) is 0 Å². The number of pyridine rings is 1. The molecule has 0 spiro atoms. The Morgan fingerprint density at radius 1 is 1.19 bits per heavy atom. The zero-order valence-electron chi connectivity index (χ0n) is 14.9. The Morgan fingerprint density at radius 2 is 2.08 bits per heavy atom. The SMILES string of the molecule is Cc1ccc2cc(CN3CCc4nc(C5CC5)ncc4C3)c(Cl)nc2c1. The van der Waals surface area contributed by atoms with E-state index < -0.39 is 0 Å². The average Bonchev–Trinajstić information content (AvgIpc) is 3.47. The van der Waals surface area contributed by atoms with E-state index in [4.69, 9.17) is 16.6 Å². The number of benzene rings is 1. The molecule has 1 aromatic carbocycles. The molecule has 1 aliphatic heterocycles. The third-order valence-electron chi connectivity index (χ3n) is 5.37. The fourth-order valence-electron chi connectivity index (χ4n) is 3.71. The van der Waals surface area contributed by atoms with Gasteiger partial charge in [0.1, 0.15) is 11.0 Å². The van der Waals surface area contributed by atoms with Gasteiger partial charge in [-0.25, -0.2) is 15.0 Å². The molecule has 1 saturated carbocycles. The number of halogens is 1. The van der Waals surface area contributed by atoms with Gasteiger partial charge in [0, 0.05) is 60.4 Å². The number of fused-ring (bicyclic) bond motifs is 2. The highest BCUT2D eigenvalue weighted by atomic mass is 35.5. The van der Waals surface area contributed by atoms with Crippen molar-refractivity contribution in [1.29, 1.82) is 0 Å². The lowest BCUT2D eigenvalue weighted by Gasteiger charge is -2.28. The summed E-state index contributed by atoms with van der Waals surface area (Å²) in [6.07, 6.45) is 5.51. The maximum absolute atomic E-state index is 6.48. The van der Waals surface area contributed by atoms with Crippen molar-refractivity contribution in [1.82, 2.24) is 19.9 Å². The molecule has 0 amide bonds. The number of nitrogens with zero attached hydrogens (tertiary/aromatic N) is 4. The molecule has 5 heteroatoms. The van der Waals surface area contributed by atoms with Gasteiger partial charge in [-0.3, -0.25) is 4.90 Å². The molecule has 4 nitrogen and oxygen atoms in total. The summed E-state index contributed by atoms with van der Waals surface area (Å²) >= 11 is 6.48. The van der Waals surface area contributed by atoms with Crippen molar-refractivity contribution in [2.24, 2.45) is 0 Å². The van der Waals surface area contributed by atoms with Crippen LogP contribution in [0.2, 0.25) is 5.15 Å². The Balaban J connectivity index is 1.37. The Bertz CT molecular complexity index is 997. The van der Waals surface area contributed by atoms with E-state index in [1.165, 1.54) is 29.7 Å². The molecule has 0 unspecified atom stereocenters. The van der Waals surface area contributed by atoms with Gasteiger partial charge in [-0.05, 0) is 37.5 Å². The van der Waals surface area contributed by atoms with Crippen LogP contribution in [0.25, 0.3) is 10.9 Å². The molecule has 26 heavy (non-hydrogen) atoms. The van der Waals surface area contributed by atoms with Gasteiger partial charge in [0.2, 0.25) is 0 Å². The van der Waals surface area contributed by atoms with Crippen molar-refractivity contribution in [2.75, 3.05) is 6.54 Å².